The van der Waals surface area contributed by atoms with Crippen LogP contribution in [0.3, 0.4) is 0 Å². The van der Waals surface area contributed by atoms with Gasteiger partial charge in [-0.25, -0.2) is 0 Å². The summed E-state index contributed by atoms with van der Waals surface area (Å²) in [6.07, 6.45) is 2.32. The van der Waals surface area contributed by atoms with Crippen LogP contribution in [0.25, 0.3) is 33.4 Å². The molecule has 9 aromatic carbocycles. The third-order valence-corrected chi connectivity index (χ3v) is 16.6. The molecular formula is C78H84N3O7P. The molecule has 11 heteroatoms. The first-order valence-electron chi connectivity index (χ1n) is 30.8. The SMILES string of the molecule is CC/C(=C(\c1ccc(OCCN(C)C)cc1)c1ccc(OP(=O)(Oc2ccc(/C(=C(/CC)c3ccccc3)c3ccc(OCCN(C)C)cc3)cc2)Oc2ccc(/C(=C(/CC)c3ccccc3)c3ccc(OCCN(C)C)cc3)cc2)cc1)c1ccccc1. The van der Waals surface area contributed by atoms with Gasteiger partial charge in [0.1, 0.15) is 54.3 Å². The molecule has 0 saturated heterocycles. The number of phosphoric acid groups is 1. The lowest BCUT2D eigenvalue weighted by molar-refractivity contribution is 0.261. The zero-order chi connectivity index (χ0) is 62.5. The lowest BCUT2D eigenvalue weighted by atomic mass is 9.88. The van der Waals surface area contributed by atoms with Crippen LogP contribution in [0.15, 0.2) is 237 Å². The van der Waals surface area contributed by atoms with E-state index in [-0.39, 0.29) is 0 Å². The Kier molecular flexibility index (Phi) is 23.1. The van der Waals surface area contributed by atoms with E-state index >= 15 is 4.57 Å². The monoisotopic (exact) mass is 1210 g/mol. The molecule has 0 aliphatic rings. The molecule has 0 aromatic heterocycles. The Morgan fingerprint density at radius 2 is 0.483 bits per heavy atom. The minimum Gasteiger partial charge on any atom is -0.492 e. The van der Waals surface area contributed by atoms with Crippen molar-refractivity contribution in [3.8, 4) is 34.5 Å². The van der Waals surface area contributed by atoms with Crippen LogP contribution in [0.5, 0.6) is 34.5 Å². The van der Waals surface area contributed by atoms with E-state index in [4.69, 9.17) is 27.8 Å². The molecule has 458 valence electrons. The van der Waals surface area contributed by atoms with Gasteiger partial charge in [0.15, 0.2) is 0 Å². The summed E-state index contributed by atoms with van der Waals surface area (Å²) in [4.78, 5) is 6.31. The topological polar surface area (TPSA) is 82.2 Å². The van der Waals surface area contributed by atoms with E-state index in [0.29, 0.717) is 37.1 Å². The molecule has 0 amide bonds. The van der Waals surface area contributed by atoms with Crippen molar-refractivity contribution in [1.29, 1.82) is 0 Å². The van der Waals surface area contributed by atoms with Crippen molar-refractivity contribution in [2.45, 2.75) is 40.0 Å². The summed E-state index contributed by atoms with van der Waals surface area (Å²) < 4.78 is 53.7. The first kappa shape index (κ1) is 64.6. The van der Waals surface area contributed by atoms with Gasteiger partial charge in [-0.3, -0.25) is 0 Å². The van der Waals surface area contributed by atoms with E-state index in [1.165, 1.54) is 16.7 Å². The van der Waals surface area contributed by atoms with E-state index in [1.54, 1.807) is 0 Å². The third kappa shape index (κ3) is 17.9. The molecule has 0 unspecified atom stereocenters. The number of phosphoric ester groups is 1. The molecule has 0 atom stereocenters. The minimum atomic E-state index is -4.54. The van der Waals surface area contributed by atoms with Crippen molar-refractivity contribution in [2.75, 3.05) is 81.7 Å². The van der Waals surface area contributed by atoms with Crippen molar-refractivity contribution in [3.05, 3.63) is 287 Å². The van der Waals surface area contributed by atoms with Crippen LogP contribution < -0.4 is 27.8 Å². The Hall–Kier alpha value is -8.89. The van der Waals surface area contributed by atoms with Gasteiger partial charge in [-0.1, -0.05) is 185 Å². The second-order valence-corrected chi connectivity index (χ2v) is 24.0. The van der Waals surface area contributed by atoms with Crippen molar-refractivity contribution in [3.63, 3.8) is 0 Å². The van der Waals surface area contributed by atoms with Crippen molar-refractivity contribution < 1.29 is 32.3 Å². The summed E-state index contributed by atoms with van der Waals surface area (Å²) in [6.45, 7) is 10.7. The Labute approximate surface area is 528 Å². The summed E-state index contributed by atoms with van der Waals surface area (Å²) in [5, 5.41) is 0. The molecule has 10 nitrogen and oxygen atoms in total. The molecule has 9 aromatic rings. The number of nitrogens with zero attached hydrogens (tertiary/aromatic N) is 3. The molecule has 9 rings (SSSR count). The van der Waals surface area contributed by atoms with E-state index < -0.39 is 7.82 Å². The number of hydrogen-bond donors (Lipinski definition) is 0. The van der Waals surface area contributed by atoms with Crippen LogP contribution in [0.4, 0.5) is 0 Å². The third-order valence-electron chi connectivity index (χ3n) is 15.3. The quantitative estimate of drug-likeness (QED) is 0.0321. The normalized spacial score (nSPS) is 12.5. The summed E-state index contributed by atoms with van der Waals surface area (Å²) in [5.74, 6) is 3.32. The maximum atomic E-state index is 15.8. The van der Waals surface area contributed by atoms with Crippen molar-refractivity contribution in [1.82, 2.24) is 14.7 Å². The van der Waals surface area contributed by atoms with E-state index in [9.17, 15) is 0 Å². The predicted octanol–water partition coefficient (Wildman–Crippen LogP) is 18.3. The van der Waals surface area contributed by atoms with Crippen LogP contribution in [0.2, 0.25) is 0 Å². The van der Waals surface area contributed by atoms with Gasteiger partial charge in [-0.15, -0.1) is 0 Å². The summed E-state index contributed by atoms with van der Waals surface area (Å²) in [6, 6.07) is 79.2. The van der Waals surface area contributed by atoms with Crippen molar-refractivity contribution in [2.24, 2.45) is 0 Å². The van der Waals surface area contributed by atoms with Crippen molar-refractivity contribution >= 4 is 41.3 Å². The van der Waals surface area contributed by atoms with Gasteiger partial charge in [0.25, 0.3) is 0 Å². The Balaban J connectivity index is 1.08. The van der Waals surface area contributed by atoms with Gasteiger partial charge in [0.2, 0.25) is 0 Å². The Morgan fingerprint density at radius 3 is 0.674 bits per heavy atom. The second kappa shape index (κ2) is 31.8. The maximum Gasteiger partial charge on any atom is 0.647 e. The fourth-order valence-electron chi connectivity index (χ4n) is 10.7. The molecule has 0 saturated carbocycles. The largest absolute Gasteiger partial charge is 0.647 e. The van der Waals surface area contributed by atoms with Crippen LogP contribution in [-0.2, 0) is 4.57 Å². The number of rotatable bonds is 30. The zero-order valence-electron chi connectivity index (χ0n) is 53.0. The van der Waals surface area contributed by atoms with Gasteiger partial charge in [-0.2, -0.15) is 4.57 Å². The fourth-order valence-corrected chi connectivity index (χ4v) is 12.0. The first-order valence-corrected chi connectivity index (χ1v) is 32.3. The molecule has 0 heterocycles. The molecule has 89 heavy (non-hydrogen) atoms. The van der Waals surface area contributed by atoms with Gasteiger partial charge in [0.05, 0.1) is 0 Å². The number of benzene rings is 9. The molecule has 0 N–H and O–H groups in total. The zero-order valence-corrected chi connectivity index (χ0v) is 53.9. The molecule has 0 aliphatic carbocycles. The standard InChI is InChI=1S/C78H84N3O7P/c1-10-73(58-22-16-13-17-23-58)76(61-28-40-67(41-29-61)83-55-52-79(4)5)64-34-46-70(47-35-64)86-89(82,87-71-48-36-65(37-49-71)77(74(11-2)59-24-18-14-19-25-59)62-30-42-68(43-31-62)84-56-53-80(6)7)88-72-50-38-66(39-51-72)78(75(12-3)60-26-20-15-21-27-60)63-32-44-69(45-33-63)85-57-54-81(8)9/h13-51H,10-12,52-57H2,1-9H3/b76-73-,77-74-,78-75-. The van der Waals surface area contributed by atoms with E-state index in [2.05, 4.69) is 145 Å². The molecule has 0 bridgehead atoms. The molecular weight excluding hydrogens is 1120 g/mol. The molecule has 0 aliphatic heterocycles. The Bertz CT molecular complexity index is 3390. The minimum absolute atomic E-state index is 0.302. The first-order chi connectivity index (χ1) is 43.3. The predicted molar refractivity (Wildman–Crippen MR) is 368 cm³/mol. The van der Waals surface area contributed by atoms with Crippen LogP contribution in [-0.4, -0.2) is 96.4 Å². The van der Waals surface area contributed by atoms with E-state index in [1.807, 2.05) is 170 Å². The Morgan fingerprint density at radius 1 is 0.281 bits per heavy atom. The lowest BCUT2D eigenvalue weighted by Gasteiger charge is -2.21. The van der Waals surface area contributed by atoms with Crippen LogP contribution in [0, 0.1) is 0 Å². The second-order valence-electron chi connectivity index (χ2n) is 22.5. The highest BCUT2D eigenvalue weighted by Gasteiger charge is 2.34. The highest BCUT2D eigenvalue weighted by Crippen LogP contribution is 2.51. The summed E-state index contributed by atoms with van der Waals surface area (Å²) >= 11 is 0. The van der Waals surface area contributed by atoms with Gasteiger partial charge >= 0.3 is 7.82 Å². The average Bonchev–Trinajstić information content (AvgIpc) is 3.71. The van der Waals surface area contributed by atoms with Gasteiger partial charge in [-0.05, 0) is 218 Å². The van der Waals surface area contributed by atoms with E-state index in [0.717, 1.165) is 123 Å². The van der Waals surface area contributed by atoms with Gasteiger partial charge in [0, 0.05) is 19.6 Å². The number of hydrogen-bond acceptors (Lipinski definition) is 10. The molecule has 0 spiro atoms. The fraction of sp³-hybridized carbons (Fsp3) is 0.231. The lowest BCUT2D eigenvalue weighted by Crippen LogP contribution is -2.19. The van der Waals surface area contributed by atoms with Crippen LogP contribution in [0.1, 0.15) is 90.1 Å². The summed E-state index contributed by atoms with van der Waals surface area (Å²) in [7, 11) is 7.67. The number of likely N-dealkylation sites (N-methyl/N-ethyl adjacent to an activating group) is 3. The molecule has 0 fully saturated rings. The average molecular weight is 1210 g/mol. The maximum absolute atomic E-state index is 15.8. The smallest absolute Gasteiger partial charge is 0.492 e. The molecule has 0 radical (unpaired) electrons. The summed E-state index contributed by atoms with van der Waals surface area (Å²) in [5.41, 5.74) is 16.1. The number of ether oxygens (including phenoxy) is 3. The number of allylic oxidation sites excluding steroid dienone is 3. The highest BCUT2D eigenvalue weighted by atomic mass is 31.2. The van der Waals surface area contributed by atoms with Crippen LogP contribution >= 0.6 is 7.82 Å². The highest BCUT2D eigenvalue weighted by molar-refractivity contribution is 7.49. The van der Waals surface area contributed by atoms with Gasteiger partial charge < -0.3 is 42.5 Å².